The molecule has 88 valence electrons. The lowest BCUT2D eigenvalue weighted by Gasteiger charge is -2.52. The molecule has 15 heavy (non-hydrogen) atoms. The molecule has 0 spiro atoms. The number of likely N-dealkylation sites (N-methyl/N-ethyl adjacent to an activating group) is 1. The van der Waals surface area contributed by atoms with Crippen molar-refractivity contribution < 1.29 is 0 Å². The monoisotopic (exact) mass is 210 g/mol. The molecule has 2 heteroatoms. The molecule has 1 aliphatic carbocycles. The maximum atomic E-state index is 3.84. The molecule has 1 heterocycles. The van der Waals surface area contributed by atoms with Gasteiger partial charge in [0.1, 0.15) is 0 Å². The Morgan fingerprint density at radius 3 is 2.27 bits per heavy atom. The molecule has 0 bridgehead atoms. The van der Waals surface area contributed by atoms with Crippen molar-refractivity contribution in [2.24, 2.45) is 5.92 Å². The van der Waals surface area contributed by atoms with Crippen LogP contribution in [0, 0.1) is 5.92 Å². The lowest BCUT2D eigenvalue weighted by Crippen LogP contribution is -2.68. The minimum Gasteiger partial charge on any atom is -0.308 e. The standard InChI is InChI=1S/C13H26N2/c1-5-13(6-2)9-14-12(3,10-15(13)4)11-7-8-11/h11,14H,5-10H2,1-4H3. The number of nitrogens with one attached hydrogen (secondary N) is 1. The molecule has 1 unspecified atom stereocenters. The lowest BCUT2D eigenvalue weighted by atomic mass is 9.82. The van der Waals surface area contributed by atoms with Gasteiger partial charge in [0.2, 0.25) is 0 Å². The van der Waals surface area contributed by atoms with Gasteiger partial charge < -0.3 is 5.32 Å². The second-order valence-electron chi connectivity index (χ2n) is 5.83. The lowest BCUT2D eigenvalue weighted by molar-refractivity contribution is 0.0175. The molecule has 2 nitrogen and oxygen atoms in total. The van der Waals surface area contributed by atoms with E-state index < -0.39 is 0 Å². The van der Waals surface area contributed by atoms with Crippen LogP contribution in [-0.4, -0.2) is 36.1 Å². The van der Waals surface area contributed by atoms with Crippen molar-refractivity contribution in [1.82, 2.24) is 10.2 Å². The number of nitrogens with zero attached hydrogens (tertiary/aromatic N) is 1. The third kappa shape index (κ3) is 1.83. The molecule has 0 aromatic heterocycles. The van der Waals surface area contributed by atoms with Crippen LogP contribution in [0.25, 0.3) is 0 Å². The van der Waals surface area contributed by atoms with Gasteiger partial charge in [-0.05, 0) is 45.6 Å². The SMILES string of the molecule is CCC1(CC)CNC(C)(C2CC2)CN1C. The van der Waals surface area contributed by atoms with Gasteiger partial charge in [-0.2, -0.15) is 0 Å². The zero-order valence-corrected chi connectivity index (χ0v) is 10.8. The van der Waals surface area contributed by atoms with E-state index in [0.717, 1.165) is 5.92 Å². The summed E-state index contributed by atoms with van der Waals surface area (Å²) in [7, 11) is 2.31. The first kappa shape index (κ1) is 11.4. The average molecular weight is 210 g/mol. The zero-order chi connectivity index (χ0) is 11.1. The Balaban J connectivity index is 2.07. The van der Waals surface area contributed by atoms with Gasteiger partial charge in [-0.25, -0.2) is 0 Å². The van der Waals surface area contributed by atoms with E-state index in [0.29, 0.717) is 11.1 Å². The predicted molar refractivity (Wildman–Crippen MR) is 65.1 cm³/mol. The predicted octanol–water partition coefficient (Wildman–Crippen LogP) is 2.25. The number of piperazine rings is 1. The molecule has 0 aromatic carbocycles. The minimum atomic E-state index is 0.391. The van der Waals surface area contributed by atoms with E-state index in [2.05, 4.69) is 38.0 Å². The highest BCUT2D eigenvalue weighted by Crippen LogP contribution is 2.43. The van der Waals surface area contributed by atoms with Crippen molar-refractivity contribution in [3.63, 3.8) is 0 Å². The Bertz CT molecular complexity index is 231. The van der Waals surface area contributed by atoms with Crippen LogP contribution in [0.15, 0.2) is 0 Å². The average Bonchev–Trinajstić information content (AvgIpc) is 3.03. The molecule has 2 aliphatic rings. The summed E-state index contributed by atoms with van der Waals surface area (Å²) in [5, 5.41) is 3.84. The van der Waals surface area contributed by atoms with Gasteiger partial charge in [-0.3, -0.25) is 4.90 Å². The molecule has 1 atom stereocenters. The van der Waals surface area contributed by atoms with Gasteiger partial charge in [0, 0.05) is 24.2 Å². The van der Waals surface area contributed by atoms with Gasteiger partial charge >= 0.3 is 0 Å². The van der Waals surface area contributed by atoms with E-state index in [-0.39, 0.29) is 0 Å². The van der Waals surface area contributed by atoms with Crippen molar-refractivity contribution in [1.29, 1.82) is 0 Å². The zero-order valence-electron chi connectivity index (χ0n) is 10.8. The Morgan fingerprint density at radius 2 is 1.87 bits per heavy atom. The quantitative estimate of drug-likeness (QED) is 0.768. The van der Waals surface area contributed by atoms with E-state index in [1.165, 1.54) is 38.8 Å². The molecule has 1 saturated carbocycles. The van der Waals surface area contributed by atoms with E-state index >= 15 is 0 Å². The smallest absolute Gasteiger partial charge is 0.0326 e. The molecular weight excluding hydrogens is 184 g/mol. The first-order chi connectivity index (χ1) is 7.06. The van der Waals surface area contributed by atoms with Crippen LogP contribution in [0.5, 0.6) is 0 Å². The highest BCUT2D eigenvalue weighted by Gasteiger charge is 2.48. The van der Waals surface area contributed by atoms with Crippen LogP contribution in [0.4, 0.5) is 0 Å². The van der Waals surface area contributed by atoms with E-state index in [9.17, 15) is 0 Å². The van der Waals surface area contributed by atoms with Crippen molar-refractivity contribution in [3.05, 3.63) is 0 Å². The summed E-state index contributed by atoms with van der Waals surface area (Å²) in [6, 6.07) is 0. The molecule has 2 rings (SSSR count). The highest BCUT2D eigenvalue weighted by atomic mass is 15.3. The van der Waals surface area contributed by atoms with Crippen LogP contribution in [-0.2, 0) is 0 Å². The summed E-state index contributed by atoms with van der Waals surface area (Å²) >= 11 is 0. The second kappa shape index (κ2) is 3.74. The fourth-order valence-electron chi connectivity index (χ4n) is 3.25. The van der Waals surface area contributed by atoms with Gasteiger partial charge in [0.15, 0.2) is 0 Å². The number of hydrogen-bond acceptors (Lipinski definition) is 2. The molecule has 1 N–H and O–H groups in total. The Morgan fingerprint density at radius 1 is 1.27 bits per heavy atom. The second-order valence-corrected chi connectivity index (χ2v) is 5.83. The summed E-state index contributed by atoms with van der Waals surface area (Å²) in [6.45, 7) is 9.45. The summed E-state index contributed by atoms with van der Waals surface area (Å²) in [4.78, 5) is 2.61. The summed E-state index contributed by atoms with van der Waals surface area (Å²) in [6.07, 6.45) is 5.38. The third-order valence-corrected chi connectivity index (χ3v) is 4.99. The fourth-order valence-corrected chi connectivity index (χ4v) is 3.25. The molecular formula is C13H26N2. The van der Waals surface area contributed by atoms with E-state index in [4.69, 9.17) is 0 Å². The number of rotatable bonds is 3. The van der Waals surface area contributed by atoms with Gasteiger partial charge in [-0.15, -0.1) is 0 Å². The molecule has 2 fully saturated rings. The normalized spacial score (nSPS) is 36.8. The van der Waals surface area contributed by atoms with Crippen LogP contribution < -0.4 is 5.32 Å². The van der Waals surface area contributed by atoms with Crippen molar-refractivity contribution in [2.45, 2.75) is 57.5 Å². The topological polar surface area (TPSA) is 15.3 Å². The highest BCUT2D eigenvalue weighted by molar-refractivity contribution is 5.07. The number of hydrogen-bond donors (Lipinski definition) is 1. The molecule has 0 radical (unpaired) electrons. The van der Waals surface area contributed by atoms with Crippen LogP contribution >= 0.6 is 0 Å². The first-order valence-electron chi connectivity index (χ1n) is 6.52. The Hall–Kier alpha value is -0.0800. The van der Waals surface area contributed by atoms with Crippen LogP contribution in [0.1, 0.15) is 46.5 Å². The van der Waals surface area contributed by atoms with Crippen molar-refractivity contribution >= 4 is 0 Å². The maximum absolute atomic E-state index is 3.84. The van der Waals surface area contributed by atoms with Crippen LogP contribution in [0.2, 0.25) is 0 Å². The molecule has 0 amide bonds. The van der Waals surface area contributed by atoms with E-state index in [1.807, 2.05) is 0 Å². The molecule has 0 aromatic rings. The summed E-state index contributed by atoms with van der Waals surface area (Å²) < 4.78 is 0. The van der Waals surface area contributed by atoms with Gasteiger partial charge in [0.05, 0.1) is 0 Å². The van der Waals surface area contributed by atoms with Gasteiger partial charge in [0.25, 0.3) is 0 Å². The molecule has 1 aliphatic heterocycles. The third-order valence-electron chi connectivity index (χ3n) is 4.99. The fraction of sp³-hybridized carbons (Fsp3) is 1.00. The minimum absolute atomic E-state index is 0.391. The Labute approximate surface area is 94.4 Å². The first-order valence-corrected chi connectivity index (χ1v) is 6.52. The Kier molecular flexibility index (Phi) is 2.85. The van der Waals surface area contributed by atoms with Crippen molar-refractivity contribution in [2.75, 3.05) is 20.1 Å². The van der Waals surface area contributed by atoms with Gasteiger partial charge in [-0.1, -0.05) is 13.8 Å². The largest absolute Gasteiger partial charge is 0.308 e. The van der Waals surface area contributed by atoms with Crippen LogP contribution in [0.3, 0.4) is 0 Å². The summed E-state index contributed by atoms with van der Waals surface area (Å²) in [5.41, 5.74) is 0.803. The maximum Gasteiger partial charge on any atom is 0.0326 e. The summed E-state index contributed by atoms with van der Waals surface area (Å²) in [5.74, 6) is 0.937. The molecule has 1 saturated heterocycles. The van der Waals surface area contributed by atoms with Crippen molar-refractivity contribution in [3.8, 4) is 0 Å². The van der Waals surface area contributed by atoms with E-state index in [1.54, 1.807) is 0 Å².